The van der Waals surface area contributed by atoms with E-state index in [1.54, 1.807) is 0 Å². The molecule has 2 rings (SSSR count). The Balaban J connectivity index is 2.90. The number of aromatic nitrogens is 1. The van der Waals surface area contributed by atoms with Gasteiger partial charge in [0, 0.05) is 18.1 Å². The number of hydrogen-bond acceptors (Lipinski definition) is 1. The molecule has 1 aromatic heterocycles. The summed E-state index contributed by atoms with van der Waals surface area (Å²) in [4.78, 5) is 11.8. The second kappa shape index (κ2) is 5.79. The molecule has 0 spiro atoms. The molecule has 0 aliphatic carbocycles. The van der Waals surface area contributed by atoms with Gasteiger partial charge in [-0.15, -0.1) is 0 Å². The van der Waals surface area contributed by atoms with E-state index in [1.165, 1.54) is 5.56 Å². The zero-order chi connectivity index (χ0) is 16.7. The number of nitrogens with zero attached hydrogens (tertiary/aromatic N) is 1. The molecule has 3 nitrogen and oxygen atoms in total. The molecule has 0 saturated carbocycles. The number of aryl methyl sites for hydroxylation is 1. The highest BCUT2D eigenvalue weighted by atomic mass is 16.4. The maximum absolute atomic E-state index is 11.8. The number of carbonyl (C=O) groups is 1. The topological polar surface area (TPSA) is 42.2 Å². The fraction of sp³-hybridized carbons (Fsp3) is 0.526. The van der Waals surface area contributed by atoms with Crippen molar-refractivity contribution >= 4 is 16.9 Å². The van der Waals surface area contributed by atoms with Crippen molar-refractivity contribution in [1.29, 1.82) is 0 Å². The molecule has 22 heavy (non-hydrogen) atoms. The lowest BCUT2D eigenvalue weighted by molar-refractivity contribution is 0.0698. The maximum atomic E-state index is 11.8. The second-order valence-corrected chi connectivity index (χ2v) is 7.41. The molecule has 2 aromatic rings. The van der Waals surface area contributed by atoms with Crippen LogP contribution in [0, 0.1) is 0 Å². The summed E-state index contributed by atoms with van der Waals surface area (Å²) in [6.07, 6.45) is 3.12. The molecule has 0 saturated heterocycles. The van der Waals surface area contributed by atoms with Crippen LogP contribution in [0.2, 0.25) is 0 Å². The molecule has 0 aliphatic rings. The summed E-state index contributed by atoms with van der Waals surface area (Å²) >= 11 is 0. The number of carboxylic acid groups (broad SMARTS) is 1. The molecule has 0 bridgehead atoms. The average Bonchev–Trinajstić information content (AvgIpc) is 2.76. The Morgan fingerprint density at radius 2 is 1.91 bits per heavy atom. The molecule has 1 N–H and O–H groups in total. The number of hydrogen-bond donors (Lipinski definition) is 1. The van der Waals surface area contributed by atoms with E-state index in [-0.39, 0.29) is 5.41 Å². The van der Waals surface area contributed by atoms with Gasteiger partial charge in [0.05, 0.1) is 11.1 Å². The lowest BCUT2D eigenvalue weighted by Crippen LogP contribution is -2.13. The molecule has 0 atom stereocenters. The minimum Gasteiger partial charge on any atom is -0.478 e. The van der Waals surface area contributed by atoms with E-state index in [1.807, 2.05) is 6.07 Å². The van der Waals surface area contributed by atoms with Crippen LogP contribution in [0.4, 0.5) is 0 Å². The third-order valence-corrected chi connectivity index (χ3v) is 4.19. The molecule has 120 valence electrons. The zero-order valence-corrected chi connectivity index (χ0v) is 14.5. The highest BCUT2D eigenvalue weighted by Crippen LogP contribution is 2.35. The molecular weight excluding hydrogens is 274 g/mol. The zero-order valence-electron chi connectivity index (χ0n) is 14.5. The third kappa shape index (κ3) is 2.90. The molecule has 1 heterocycles. The second-order valence-electron chi connectivity index (χ2n) is 7.41. The van der Waals surface area contributed by atoms with Crippen molar-refractivity contribution in [2.45, 2.75) is 65.8 Å². The predicted octanol–water partition coefficient (Wildman–Crippen LogP) is 5.17. The van der Waals surface area contributed by atoms with Gasteiger partial charge in [0.1, 0.15) is 0 Å². The van der Waals surface area contributed by atoms with Gasteiger partial charge in [-0.2, -0.15) is 0 Å². The number of carboxylic acids is 1. The van der Waals surface area contributed by atoms with Crippen LogP contribution in [0.3, 0.4) is 0 Å². The summed E-state index contributed by atoms with van der Waals surface area (Å²) in [7, 11) is 0. The molecule has 0 radical (unpaired) electrons. The van der Waals surface area contributed by atoms with Gasteiger partial charge in [-0.3, -0.25) is 0 Å². The monoisotopic (exact) mass is 301 g/mol. The number of benzene rings is 1. The van der Waals surface area contributed by atoms with Gasteiger partial charge in [-0.25, -0.2) is 4.79 Å². The third-order valence-electron chi connectivity index (χ3n) is 4.19. The van der Waals surface area contributed by atoms with Gasteiger partial charge in [-0.05, 0) is 41.0 Å². The van der Waals surface area contributed by atoms with Gasteiger partial charge in [0.25, 0.3) is 0 Å². The van der Waals surface area contributed by atoms with E-state index in [2.05, 4.69) is 58.4 Å². The van der Waals surface area contributed by atoms with Gasteiger partial charge in [0.15, 0.2) is 0 Å². The first-order valence-electron chi connectivity index (χ1n) is 8.07. The summed E-state index contributed by atoms with van der Waals surface area (Å²) < 4.78 is 2.11. The highest BCUT2D eigenvalue weighted by Gasteiger charge is 2.23. The van der Waals surface area contributed by atoms with Crippen LogP contribution < -0.4 is 0 Å². The first-order valence-corrected chi connectivity index (χ1v) is 8.07. The van der Waals surface area contributed by atoms with E-state index in [0.717, 1.165) is 29.4 Å². The first kappa shape index (κ1) is 16.6. The van der Waals surface area contributed by atoms with Crippen LogP contribution in [0.25, 0.3) is 10.9 Å². The van der Waals surface area contributed by atoms with Crippen LogP contribution in [0.15, 0.2) is 18.3 Å². The molecule has 0 unspecified atom stereocenters. The Morgan fingerprint density at radius 1 is 1.27 bits per heavy atom. The number of rotatable bonds is 4. The van der Waals surface area contributed by atoms with Gasteiger partial charge < -0.3 is 9.67 Å². The highest BCUT2D eigenvalue weighted by molar-refractivity contribution is 6.04. The summed E-state index contributed by atoms with van der Waals surface area (Å²) in [5, 5.41) is 10.8. The lowest BCUT2D eigenvalue weighted by atomic mass is 9.84. The lowest BCUT2D eigenvalue weighted by Gasteiger charge is -2.21. The van der Waals surface area contributed by atoms with Crippen LogP contribution in [0.5, 0.6) is 0 Å². The Bertz CT molecular complexity index is 702. The fourth-order valence-electron chi connectivity index (χ4n) is 2.94. The number of fused-ring (bicyclic) bond motifs is 1. The van der Waals surface area contributed by atoms with Crippen LogP contribution >= 0.6 is 0 Å². The molecule has 3 heteroatoms. The van der Waals surface area contributed by atoms with E-state index in [0.29, 0.717) is 11.5 Å². The number of aromatic carboxylic acids is 1. The van der Waals surface area contributed by atoms with Gasteiger partial charge >= 0.3 is 5.97 Å². The SMILES string of the molecule is CCCn1cc(C(C)C)c2cc(C(C)(C)C)cc(C(=O)O)c21. The Hall–Kier alpha value is -1.77. The van der Waals surface area contributed by atoms with Crippen LogP contribution in [-0.4, -0.2) is 15.6 Å². The molecule has 0 fully saturated rings. The predicted molar refractivity (Wildman–Crippen MR) is 92.0 cm³/mol. The van der Waals surface area contributed by atoms with E-state index >= 15 is 0 Å². The van der Waals surface area contributed by atoms with Crippen molar-refractivity contribution in [3.8, 4) is 0 Å². The Labute approximate surface area is 133 Å². The molecular formula is C19H27NO2. The van der Waals surface area contributed by atoms with Crippen molar-refractivity contribution in [3.05, 3.63) is 35.0 Å². The van der Waals surface area contributed by atoms with Crippen molar-refractivity contribution in [2.24, 2.45) is 0 Å². The van der Waals surface area contributed by atoms with Crippen LogP contribution in [0.1, 0.15) is 75.4 Å². The summed E-state index contributed by atoms with van der Waals surface area (Å²) in [6, 6.07) is 4.03. The Kier molecular flexibility index (Phi) is 4.37. The van der Waals surface area contributed by atoms with Crippen molar-refractivity contribution in [2.75, 3.05) is 0 Å². The summed E-state index contributed by atoms with van der Waals surface area (Å²) in [5.41, 5.74) is 3.53. The molecule has 1 aromatic carbocycles. The van der Waals surface area contributed by atoms with Crippen molar-refractivity contribution in [1.82, 2.24) is 4.57 Å². The minimum absolute atomic E-state index is 0.0699. The fourth-order valence-corrected chi connectivity index (χ4v) is 2.94. The van der Waals surface area contributed by atoms with E-state index in [9.17, 15) is 9.90 Å². The molecule has 0 amide bonds. The van der Waals surface area contributed by atoms with E-state index in [4.69, 9.17) is 0 Å². The average molecular weight is 301 g/mol. The van der Waals surface area contributed by atoms with Crippen molar-refractivity contribution in [3.63, 3.8) is 0 Å². The van der Waals surface area contributed by atoms with E-state index < -0.39 is 5.97 Å². The molecule has 0 aliphatic heterocycles. The van der Waals surface area contributed by atoms with Crippen LogP contribution in [-0.2, 0) is 12.0 Å². The first-order chi connectivity index (χ1) is 10.2. The largest absolute Gasteiger partial charge is 0.478 e. The normalized spacial score (nSPS) is 12.3. The summed E-state index contributed by atoms with van der Waals surface area (Å²) in [6.45, 7) is 13.7. The Morgan fingerprint density at radius 3 is 2.36 bits per heavy atom. The standard InChI is InChI=1S/C19H27NO2/c1-7-8-20-11-16(12(2)3)14-9-13(19(4,5)6)10-15(17(14)20)18(21)22/h9-12H,7-8H2,1-6H3,(H,21,22). The van der Waals surface area contributed by atoms with Crippen molar-refractivity contribution < 1.29 is 9.90 Å². The minimum atomic E-state index is -0.846. The quantitative estimate of drug-likeness (QED) is 0.846. The maximum Gasteiger partial charge on any atom is 0.337 e. The summed E-state index contributed by atoms with van der Waals surface area (Å²) in [5.74, 6) is -0.473. The smallest absolute Gasteiger partial charge is 0.337 e. The van der Waals surface area contributed by atoms with Gasteiger partial charge in [0.2, 0.25) is 0 Å². The van der Waals surface area contributed by atoms with Gasteiger partial charge in [-0.1, -0.05) is 41.5 Å².